The van der Waals surface area contributed by atoms with Gasteiger partial charge < -0.3 is 4.90 Å². The SMILES string of the molecule is O=C1C2=C3[C@H](CCCCN3CCCC2)[C@H]1c1ccccc1. The molecule has 0 N–H and O–H groups in total. The molecule has 2 heteroatoms. The molecule has 1 aromatic carbocycles. The zero-order valence-corrected chi connectivity index (χ0v) is 12.6. The summed E-state index contributed by atoms with van der Waals surface area (Å²) in [5.74, 6) is 0.959. The predicted molar refractivity (Wildman–Crippen MR) is 84.0 cm³/mol. The first-order valence-electron chi connectivity index (χ1n) is 8.43. The third kappa shape index (κ3) is 2.12. The number of hydrogen-bond acceptors (Lipinski definition) is 2. The lowest BCUT2D eigenvalue weighted by molar-refractivity contribution is -0.117. The number of allylic oxidation sites excluding steroid dienone is 2. The lowest BCUT2D eigenvalue weighted by Crippen LogP contribution is -2.27. The fraction of sp³-hybridized carbons (Fsp3) is 0.526. The second-order valence-electron chi connectivity index (χ2n) is 6.66. The van der Waals surface area contributed by atoms with E-state index in [0.29, 0.717) is 11.7 Å². The lowest BCUT2D eigenvalue weighted by atomic mass is 9.83. The molecule has 0 amide bonds. The maximum absolute atomic E-state index is 13.1. The van der Waals surface area contributed by atoms with Crippen LogP contribution in [0.5, 0.6) is 0 Å². The van der Waals surface area contributed by atoms with Gasteiger partial charge in [0.25, 0.3) is 0 Å². The van der Waals surface area contributed by atoms with E-state index < -0.39 is 0 Å². The van der Waals surface area contributed by atoms with Crippen LogP contribution in [0.2, 0.25) is 0 Å². The first-order valence-corrected chi connectivity index (χ1v) is 8.43. The summed E-state index contributed by atoms with van der Waals surface area (Å²) >= 11 is 0. The Balaban J connectivity index is 1.79. The van der Waals surface area contributed by atoms with E-state index in [9.17, 15) is 4.79 Å². The summed E-state index contributed by atoms with van der Waals surface area (Å²) in [6.45, 7) is 2.31. The van der Waals surface area contributed by atoms with Gasteiger partial charge in [-0.1, -0.05) is 36.8 Å². The number of ketones is 1. The van der Waals surface area contributed by atoms with Gasteiger partial charge in [-0.25, -0.2) is 0 Å². The van der Waals surface area contributed by atoms with E-state index in [0.717, 1.165) is 19.5 Å². The lowest BCUT2D eigenvalue weighted by Gasteiger charge is -2.28. The molecule has 21 heavy (non-hydrogen) atoms. The van der Waals surface area contributed by atoms with Crippen LogP contribution in [0.1, 0.15) is 50.0 Å². The Morgan fingerprint density at radius 2 is 1.71 bits per heavy atom. The Kier molecular flexibility index (Phi) is 3.33. The molecule has 0 saturated carbocycles. The molecule has 2 heterocycles. The monoisotopic (exact) mass is 281 g/mol. The zero-order chi connectivity index (χ0) is 14.2. The third-order valence-corrected chi connectivity index (χ3v) is 5.44. The minimum Gasteiger partial charge on any atom is -0.374 e. The van der Waals surface area contributed by atoms with Crippen molar-refractivity contribution < 1.29 is 4.79 Å². The van der Waals surface area contributed by atoms with Crippen molar-refractivity contribution in [2.45, 2.75) is 44.4 Å². The van der Waals surface area contributed by atoms with Crippen molar-refractivity contribution in [2.75, 3.05) is 13.1 Å². The summed E-state index contributed by atoms with van der Waals surface area (Å²) in [5.41, 5.74) is 3.83. The number of rotatable bonds is 1. The highest BCUT2D eigenvalue weighted by Crippen LogP contribution is 2.48. The number of carbonyl (C=O) groups is 1. The van der Waals surface area contributed by atoms with E-state index in [1.807, 2.05) is 6.07 Å². The van der Waals surface area contributed by atoms with Crippen molar-refractivity contribution in [3.8, 4) is 0 Å². The molecule has 110 valence electrons. The van der Waals surface area contributed by atoms with Crippen LogP contribution in [0.25, 0.3) is 0 Å². The summed E-state index contributed by atoms with van der Waals surface area (Å²) in [6, 6.07) is 10.5. The van der Waals surface area contributed by atoms with Crippen LogP contribution < -0.4 is 0 Å². The van der Waals surface area contributed by atoms with Gasteiger partial charge in [-0.2, -0.15) is 0 Å². The van der Waals surface area contributed by atoms with Gasteiger partial charge in [0.05, 0.1) is 5.92 Å². The first kappa shape index (κ1) is 13.1. The summed E-state index contributed by atoms with van der Waals surface area (Å²) in [5, 5.41) is 0. The molecule has 2 aliphatic heterocycles. The largest absolute Gasteiger partial charge is 0.374 e. The fourth-order valence-electron chi connectivity index (χ4n) is 4.53. The van der Waals surface area contributed by atoms with Crippen molar-refractivity contribution in [3.05, 3.63) is 47.2 Å². The van der Waals surface area contributed by atoms with Gasteiger partial charge in [-0.3, -0.25) is 4.79 Å². The normalized spacial score (nSPS) is 29.1. The van der Waals surface area contributed by atoms with Gasteiger partial charge in [-0.05, 0) is 37.7 Å². The van der Waals surface area contributed by atoms with Crippen molar-refractivity contribution in [1.29, 1.82) is 0 Å². The van der Waals surface area contributed by atoms with E-state index >= 15 is 0 Å². The highest BCUT2D eigenvalue weighted by Gasteiger charge is 2.45. The molecule has 1 aliphatic carbocycles. The van der Waals surface area contributed by atoms with Crippen LogP contribution in [0.4, 0.5) is 0 Å². The highest BCUT2D eigenvalue weighted by molar-refractivity contribution is 6.04. The third-order valence-electron chi connectivity index (χ3n) is 5.44. The number of carbonyl (C=O) groups excluding carboxylic acids is 1. The van der Waals surface area contributed by atoms with E-state index in [1.54, 1.807) is 0 Å². The van der Waals surface area contributed by atoms with Gasteiger partial charge in [0.2, 0.25) is 0 Å². The Morgan fingerprint density at radius 3 is 2.52 bits per heavy atom. The maximum atomic E-state index is 13.1. The molecular formula is C19H23NO. The number of hydrogen-bond donors (Lipinski definition) is 0. The number of Topliss-reactive ketones (excluding diaryl/α,β-unsaturated/α-hetero) is 1. The number of nitrogens with zero attached hydrogens (tertiary/aromatic N) is 1. The van der Waals surface area contributed by atoms with Crippen LogP contribution in [0.3, 0.4) is 0 Å². The Hall–Kier alpha value is -1.57. The van der Waals surface area contributed by atoms with Crippen molar-refractivity contribution in [3.63, 3.8) is 0 Å². The molecule has 2 atom stereocenters. The number of benzene rings is 1. The standard InChI is InChI=1S/C19H23NO/c21-19-16-11-5-7-13-20-12-6-4-10-15(18(16)20)17(19)14-8-2-1-3-9-14/h1-3,8-9,15,17H,4-7,10-13H2/t15-,17-/m1/s1. The maximum Gasteiger partial charge on any atom is 0.168 e. The smallest absolute Gasteiger partial charge is 0.168 e. The van der Waals surface area contributed by atoms with E-state index in [2.05, 4.69) is 29.2 Å². The molecule has 0 spiro atoms. The summed E-state index contributed by atoms with van der Waals surface area (Å²) in [7, 11) is 0. The first-order chi connectivity index (χ1) is 10.4. The highest BCUT2D eigenvalue weighted by atomic mass is 16.1. The molecule has 2 nitrogen and oxygen atoms in total. The van der Waals surface area contributed by atoms with Gasteiger partial charge in [0, 0.05) is 30.3 Å². The Labute approximate surface area is 126 Å². The summed E-state index contributed by atoms with van der Waals surface area (Å²) in [6.07, 6.45) is 7.14. The topological polar surface area (TPSA) is 20.3 Å². The van der Waals surface area contributed by atoms with E-state index in [4.69, 9.17) is 0 Å². The molecular weight excluding hydrogens is 258 g/mol. The summed E-state index contributed by atoms with van der Waals surface area (Å²) < 4.78 is 0. The molecule has 0 unspecified atom stereocenters. The minimum absolute atomic E-state index is 0.0925. The van der Waals surface area contributed by atoms with Crippen LogP contribution in [-0.2, 0) is 4.79 Å². The van der Waals surface area contributed by atoms with Crippen LogP contribution in [0, 0.1) is 5.92 Å². The van der Waals surface area contributed by atoms with Gasteiger partial charge in [-0.15, -0.1) is 0 Å². The van der Waals surface area contributed by atoms with E-state index in [-0.39, 0.29) is 5.92 Å². The van der Waals surface area contributed by atoms with Crippen LogP contribution in [-0.4, -0.2) is 23.8 Å². The average Bonchev–Trinajstić information content (AvgIpc) is 2.70. The van der Waals surface area contributed by atoms with E-state index in [1.165, 1.54) is 48.9 Å². The van der Waals surface area contributed by atoms with Crippen LogP contribution >= 0.6 is 0 Å². The quantitative estimate of drug-likeness (QED) is 0.778. The van der Waals surface area contributed by atoms with Crippen LogP contribution in [0.15, 0.2) is 41.6 Å². The molecule has 1 fully saturated rings. The molecule has 4 rings (SSSR count). The average molecular weight is 281 g/mol. The molecule has 0 bridgehead atoms. The second-order valence-corrected chi connectivity index (χ2v) is 6.66. The molecule has 0 aromatic heterocycles. The molecule has 0 radical (unpaired) electrons. The van der Waals surface area contributed by atoms with Crippen molar-refractivity contribution in [1.82, 2.24) is 4.90 Å². The molecule has 1 saturated heterocycles. The minimum atomic E-state index is 0.0925. The predicted octanol–water partition coefficient (Wildman–Crippen LogP) is 3.89. The van der Waals surface area contributed by atoms with Gasteiger partial charge >= 0.3 is 0 Å². The zero-order valence-electron chi connectivity index (χ0n) is 12.6. The Morgan fingerprint density at radius 1 is 0.952 bits per heavy atom. The van der Waals surface area contributed by atoms with Gasteiger partial charge in [0.15, 0.2) is 5.78 Å². The van der Waals surface area contributed by atoms with Gasteiger partial charge in [0.1, 0.15) is 0 Å². The second kappa shape index (κ2) is 5.32. The van der Waals surface area contributed by atoms with Crippen molar-refractivity contribution >= 4 is 5.78 Å². The summed E-state index contributed by atoms with van der Waals surface area (Å²) in [4.78, 5) is 15.6. The molecule has 1 aromatic rings. The Bertz CT molecular complexity index is 574. The fourth-order valence-corrected chi connectivity index (χ4v) is 4.53. The van der Waals surface area contributed by atoms with Crippen molar-refractivity contribution in [2.24, 2.45) is 5.92 Å². The molecule has 3 aliphatic rings.